The number of benzene rings is 1. The van der Waals surface area contributed by atoms with Crippen LogP contribution in [0.5, 0.6) is 0 Å². The van der Waals surface area contributed by atoms with Gasteiger partial charge < -0.3 is 20.3 Å². The first-order valence-electron chi connectivity index (χ1n) is 11.4. The maximum absolute atomic E-state index is 14.1. The van der Waals surface area contributed by atoms with Gasteiger partial charge >= 0.3 is 6.18 Å². The fourth-order valence-corrected chi connectivity index (χ4v) is 5.14. The zero-order chi connectivity index (χ0) is 24.6. The molecule has 34 heavy (non-hydrogen) atoms. The molecule has 1 aliphatic heterocycles. The van der Waals surface area contributed by atoms with E-state index in [1.807, 2.05) is 6.92 Å². The number of aliphatic hydroxyl groups excluding tert-OH is 1. The second kappa shape index (κ2) is 9.53. The van der Waals surface area contributed by atoms with Gasteiger partial charge in [-0.1, -0.05) is 6.07 Å². The molecule has 0 spiro atoms. The van der Waals surface area contributed by atoms with E-state index in [9.17, 15) is 27.2 Å². The SMILES string of the molecule is Cc1ccc(F)c2cc(C(=O)N[C@@H]3CCC[C@H](N4CCN(C(=O)CO)[C@H](C(F)(F)F)C4)C3)[nH]c12. The smallest absolute Gasteiger partial charge is 0.387 e. The molecular weight excluding hydrogens is 456 g/mol. The average molecular weight is 484 g/mol. The highest BCUT2D eigenvalue weighted by atomic mass is 19.4. The van der Waals surface area contributed by atoms with E-state index >= 15 is 0 Å². The number of amides is 2. The Balaban J connectivity index is 1.42. The number of hydrogen-bond donors (Lipinski definition) is 3. The van der Waals surface area contributed by atoms with Gasteiger partial charge in [-0.15, -0.1) is 0 Å². The highest BCUT2D eigenvalue weighted by Crippen LogP contribution is 2.32. The van der Waals surface area contributed by atoms with Crippen molar-refractivity contribution in [3.05, 3.63) is 35.3 Å². The number of carbonyl (C=O) groups is 2. The monoisotopic (exact) mass is 484 g/mol. The van der Waals surface area contributed by atoms with E-state index in [0.29, 0.717) is 35.1 Å². The van der Waals surface area contributed by atoms with Gasteiger partial charge in [0.05, 0.1) is 5.52 Å². The van der Waals surface area contributed by atoms with Crippen LogP contribution in [0.1, 0.15) is 41.7 Å². The van der Waals surface area contributed by atoms with Gasteiger partial charge in [-0.2, -0.15) is 13.2 Å². The lowest BCUT2D eigenvalue weighted by Crippen LogP contribution is -2.63. The summed E-state index contributed by atoms with van der Waals surface area (Å²) in [6, 6.07) is 2.08. The zero-order valence-corrected chi connectivity index (χ0v) is 18.8. The summed E-state index contributed by atoms with van der Waals surface area (Å²) in [6.45, 7) is 0.650. The van der Waals surface area contributed by atoms with Gasteiger partial charge in [-0.05, 0) is 50.3 Å². The lowest BCUT2D eigenvalue weighted by Gasteiger charge is -2.46. The van der Waals surface area contributed by atoms with Crippen molar-refractivity contribution < 1.29 is 32.3 Å². The van der Waals surface area contributed by atoms with Gasteiger partial charge in [0.25, 0.3) is 5.91 Å². The number of aliphatic hydroxyl groups is 1. The van der Waals surface area contributed by atoms with Crippen molar-refractivity contribution in [2.45, 2.75) is 56.9 Å². The van der Waals surface area contributed by atoms with E-state index in [-0.39, 0.29) is 43.3 Å². The Bertz CT molecular complexity index is 1030. The normalized spacial score (nSPS) is 24.4. The summed E-state index contributed by atoms with van der Waals surface area (Å²) in [5, 5.41) is 12.3. The minimum absolute atomic E-state index is 0.114. The van der Waals surface area contributed by atoms with Crippen LogP contribution in [0.15, 0.2) is 18.2 Å². The Kier molecular flexibility index (Phi) is 6.86. The number of carbonyl (C=O) groups excluding carboxylic acids is 2. The molecule has 1 saturated carbocycles. The number of aryl methyl sites for hydroxylation is 1. The molecule has 2 amide bonds. The van der Waals surface area contributed by atoms with Crippen LogP contribution in [-0.2, 0) is 4.79 Å². The molecule has 1 aliphatic carbocycles. The summed E-state index contributed by atoms with van der Waals surface area (Å²) in [6.07, 6.45) is -1.99. The average Bonchev–Trinajstić information content (AvgIpc) is 3.27. The second-order valence-electron chi connectivity index (χ2n) is 9.12. The van der Waals surface area contributed by atoms with Crippen molar-refractivity contribution >= 4 is 22.7 Å². The minimum Gasteiger partial charge on any atom is -0.387 e. The van der Waals surface area contributed by atoms with Crippen LogP contribution < -0.4 is 5.32 Å². The van der Waals surface area contributed by atoms with Crippen molar-refractivity contribution in [2.24, 2.45) is 0 Å². The largest absolute Gasteiger partial charge is 0.410 e. The highest BCUT2D eigenvalue weighted by molar-refractivity contribution is 5.99. The number of aromatic nitrogens is 1. The molecule has 4 rings (SSSR count). The fraction of sp³-hybridized carbons (Fsp3) is 0.565. The number of H-pyrrole nitrogens is 1. The van der Waals surface area contributed by atoms with Crippen molar-refractivity contribution in [2.75, 3.05) is 26.2 Å². The Morgan fingerprint density at radius 1 is 1.24 bits per heavy atom. The molecule has 11 heteroatoms. The van der Waals surface area contributed by atoms with Crippen LogP contribution >= 0.6 is 0 Å². The molecule has 2 aromatic rings. The van der Waals surface area contributed by atoms with Gasteiger partial charge in [0, 0.05) is 37.1 Å². The van der Waals surface area contributed by atoms with Gasteiger partial charge in [-0.25, -0.2) is 4.39 Å². The van der Waals surface area contributed by atoms with Crippen molar-refractivity contribution in [1.82, 2.24) is 20.1 Å². The lowest BCUT2D eigenvalue weighted by atomic mass is 9.89. The summed E-state index contributed by atoms with van der Waals surface area (Å²) in [4.78, 5) is 30.0. The van der Waals surface area contributed by atoms with E-state index in [0.717, 1.165) is 12.0 Å². The Morgan fingerprint density at radius 2 is 2.00 bits per heavy atom. The number of rotatable bonds is 4. The van der Waals surface area contributed by atoms with Crippen molar-refractivity contribution in [3.8, 4) is 0 Å². The lowest BCUT2D eigenvalue weighted by molar-refractivity contribution is -0.204. The molecule has 0 radical (unpaired) electrons. The van der Waals surface area contributed by atoms with E-state index in [2.05, 4.69) is 10.3 Å². The Labute approximate surface area is 194 Å². The van der Waals surface area contributed by atoms with Crippen LogP contribution in [-0.4, -0.2) is 82.2 Å². The first kappa shape index (κ1) is 24.5. The fourth-order valence-electron chi connectivity index (χ4n) is 5.14. The first-order chi connectivity index (χ1) is 16.1. The summed E-state index contributed by atoms with van der Waals surface area (Å²) in [5.74, 6) is -1.74. The third-order valence-corrected chi connectivity index (χ3v) is 6.94. The molecule has 0 bridgehead atoms. The number of nitrogens with one attached hydrogen (secondary N) is 2. The van der Waals surface area contributed by atoms with E-state index in [1.165, 1.54) is 12.1 Å². The predicted octanol–water partition coefficient (Wildman–Crippen LogP) is 2.72. The molecule has 7 nitrogen and oxygen atoms in total. The molecular formula is C23H28F4N4O3. The van der Waals surface area contributed by atoms with Crippen LogP contribution in [0, 0.1) is 12.7 Å². The maximum atomic E-state index is 14.1. The molecule has 1 saturated heterocycles. The number of hydrogen-bond acceptors (Lipinski definition) is 4. The van der Waals surface area contributed by atoms with Crippen LogP contribution in [0.25, 0.3) is 10.9 Å². The van der Waals surface area contributed by atoms with Gasteiger partial charge in [0.1, 0.15) is 24.2 Å². The highest BCUT2D eigenvalue weighted by Gasteiger charge is 2.49. The van der Waals surface area contributed by atoms with Crippen LogP contribution in [0.3, 0.4) is 0 Å². The Morgan fingerprint density at radius 3 is 2.68 bits per heavy atom. The van der Waals surface area contributed by atoms with Gasteiger partial charge in [0.15, 0.2) is 0 Å². The number of nitrogens with zero attached hydrogens (tertiary/aromatic N) is 2. The van der Waals surface area contributed by atoms with Crippen LogP contribution in [0.2, 0.25) is 0 Å². The van der Waals surface area contributed by atoms with Crippen LogP contribution in [0.4, 0.5) is 17.6 Å². The number of piperazine rings is 1. The minimum atomic E-state index is -4.60. The van der Waals surface area contributed by atoms with Gasteiger partial charge in [-0.3, -0.25) is 14.5 Å². The van der Waals surface area contributed by atoms with Crippen molar-refractivity contribution in [3.63, 3.8) is 0 Å². The molecule has 186 valence electrons. The number of aromatic amines is 1. The predicted molar refractivity (Wildman–Crippen MR) is 117 cm³/mol. The third kappa shape index (κ3) is 4.90. The molecule has 2 heterocycles. The summed E-state index contributed by atoms with van der Waals surface area (Å²) in [7, 11) is 0. The number of halogens is 4. The number of alkyl halides is 3. The van der Waals surface area contributed by atoms with E-state index < -0.39 is 30.5 Å². The molecule has 0 unspecified atom stereocenters. The van der Waals surface area contributed by atoms with E-state index in [4.69, 9.17) is 5.11 Å². The van der Waals surface area contributed by atoms with Gasteiger partial charge in [0.2, 0.25) is 5.91 Å². The molecule has 1 aromatic carbocycles. The molecule has 1 aromatic heterocycles. The maximum Gasteiger partial charge on any atom is 0.410 e. The summed E-state index contributed by atoms with van der Waals surface area (Å²) in [5.41, 5.74) is 1.60. The molecule has 2 fully saturated rings. The standard InChI is InChI=1S/C23H28F4N4O3/c1-13-5-6-17(24)16-10-18(29-21(13)16)22(34)28-14-3-2-4-15(9-14)30-7-8-31(20(33)12-32)19(11-30)23(25,26)27/h5-6,10,14-15,19,29,32H,2-4,7-9,11-12H2,1H3,(H,28,34)/t14-,15+,19+/m1/s1. The van der Waals surface area contributed by atoms with Crippen molar-refractivity contribution in [1.29, 1.82) is 0 Å². The quantitative estimate of drug-likeness (QED) is 0.583. The summed E-state index contributed by atoms with van der Waals surface area (Å²) >= 11 is 0. The first-order valence-corrected chi connectivity index (χ1v) is 11.4. The number of fused-ring (bicyclic) bond motifs is 1. The summed E-state index contributed by atoms with van der Waals surface area (Å²) < 4.78 is 55.0. The Hall–Kier alpha value is -2.66. The van der Waals surface area contributed by atoms with E-state index in [1.54, 1.807) is 11.0 Å². The topological polar surface area (TPSA) is 88.7 Å². The molecule has 3 N–H and O–H groups in total. The second-order valence-corrected chi connectivity index (χ2v) is 9.12. The zero-order valence-electron chi connectivity index (χ0n) is 18.8. The third-order valence-electron chi connectivity index (χ3n) is 6.94. The molecule has 3 atom stereocenters. The molecule has 2 aliphatic rings.